The van der Waals surface area contributed by atoms with Crippen LogP contribution in [0, 0.1) is 0 Å². The molecule has 4 rings (SSSR count). The molecule has 0 atom stereocenters. The first-order valence-electron chi connectivity index (χ1n) is 9.95. The van der Waals surface area contributed by atoms with Crippen molar-refractivity contribution in [2.24, 2.45) is 0 Å². The third kappa shape index (κ3) is 4.31. The second-order valence-electron chi connectivity index (χ2n) is 8.18. The number of hydrogen-bond donors (Lipinski definition) is 1. The largest absolute Gasteiger partial charge is 0.388 e. The molecule has 1 amide bonds. The van der Waals surface area contributed by atoms with Gasteiger partial charge in [-0.2, -0.15) is 0 Å². The van der Waals surface area contributed by atoms with Crippen LogP contribution in [-0.2, 0) is 6.54 Å². The molecule has 1 aromatic carbocycles. The minimum atomic E-state index is -0.724. The van der Waals surface area contributed by atoms with Crippen LogP contribution >= 0.6 is 0 Å². The molecular weight excluding hydrogens is 366 g/mol. The summed E-state index contributed by atoms with van der Waals surface area (Å²) in [6.07, 6.45) is 4.56. The maximum atomic E-state index is 12.9. The van der Waals surface area contributed by atoms with Crippen molar-refractivity contribution in [1.82, 2.24) is 24.3 Å². The molecule has 1 fully saturated rings. The van der Waals surface area contributed by atoms with E-state index in [0.717, 1.165) is 5.65 Å². The molecule has 2 aromatic heterocycles. The molecule has 7 heteroatoms. The molecule has 0 radical (unpaired) electrons. The lowest BCUT2D eigenvalue weighted by atomic mass is 9.90. The second kappa shape index (κ2) is 7.93. The van der Waals surface area contributed by atoms with Gasteiger partial charge in [0.25, 0.3) is 5.91 Å². The molecular formula is C22H27N5O2. The molecule has 152 valence electrons. The summed E-state index contributed by atoms with van der Waals surface area (Å²) in [5.41, 5.74) is 2.48. The van der Waals surface area contributed by atoms with E-state index < -0.39 is 5.60 Å². The zero-order valence-electron chi connectivity index (χ0n) is 17.0. The number of pyridine rings is 1. The summed E-state index contributed by atoms with van der Waals surface area (Å²) in [5, 5.41) is 10.7. The lowest BCUT2D eigenvalue weighted by Gasteiger charge is -2.39. The Balaban J connectivity index is 1.47. The first kappa shape index (κ1) is 19.5. The fourth-order valence-corrected chi connectivity index (χ4v) is 4.02. The van der Waals surface area contributed by atoms with Gasteiger partial charge in [-0.1, -0.05) is 30.3 Å². The fraction of sp³-hybridized carbons (Fsp3) is 0.409. The van der Waals surface area contributed by atoms with Gasteiger partial charge in [0.2, 0.25) is 0 Å². The highest BCUT2D eigenvalue weighted by Crippen LogP contribution is 2.24. The van der Waals surface area contributed by atoms with E-state index in [0.29, 0.717) is 50.1 Å². The maximum Gasteiger partial charge on any atom is 0.255 e. The van der Waals surface area contributed by atoms with Crippen LogP contribution in [0.15, 0.2) is 48.9 Å². The van der Waals surface area contributed by atoms with Crippen LogP contribution in [0.1, 0.15) is 28.8 Å². The second-order valence-corrected chi connectivity index (χ2v) is 8.18. The minimum Gasteiger partial charge on any atom is -0.388 e. The maximum absolute atomic E-state index is 12.9. The lowest BCUT2D eigenvalue weighted by Crippen LogP contribution is -2.51. The van der Waals surface area contributed by atoms with E-state index in [1.807, 2.05) is 47.8 Å². The van der Waals surface area contributed by atoms with Crippen LogP contribution < -0.4 is 0 Å². The topological polar surface area (TPSA) is 74.5 Å². The van der Waals surface area contributed by atoms with Gasteiger partial charge < -0.3 is 19.5 Å². The highest BCUT2D eigenvalue weighted by atomic mass is 16.3. The zero-order chi connectivity index (χ0) is 20.4. The van der Waals surface area contributed by atoms with Gasteiger partial charge in [0.1, 0.15) is 5.52 Å². The van der Waals surface area contributed by atoms with Crippen molar-refractivity contribution in [2.45, 2.75) is 25.0 Å². The molecule has 1 aliphatic heterocycles. The van der Waals surface area contributed by atoms with Crippen molar-refractivity contribution < 1.29 is 9.90 Å². The number of rotatable bonds is 5. The number of imidazole rings is 1. The first-order chi connectivity index (χ1) is 13.9. The van der Waals surface area contributed by atoms with Gasteiger partial charge in [-0.25, -0.2) is 9.97 Å². The predicted molar refractivity (Wildman–Crippen MR) is 112 cm³/mol. The van der Waals surface area contributed by atoms with Crippen molar-refractivity contribution in [3.63, 3.8) is 0 Å². The molecule has 3 aromatic rings. The number of hydrogen-bond acceptors (Lipinski definition) is 5. The molecule has 3 heterocycles. The van der Waals surface area contributed by atoms with Crippen LogP contribution in [0.2, 0.25) is 0 Å². The fourth-order valence-electron chi connectivity index (χ4n) is 4.02. The van der Waals surface area contributed by atoms with Crippen LogP contribution in [-0.4, -0.2) is 74.7 Å². The van der Waals surface area contributed by atoms with E-state index in [1.54, 1.807) is 17.4 Å². The number of likely N-dealkylation sites (N-methyl/N-ethyl adjacent to an activating group) is 1. The highest BCUT2D eigenvalue weighted by Gasteiger charge is 2.34. The Hall–Kier alpha value is -2.77. The summed E-state index contributed by atoms with van der Waals surface area (Å²) in [7, 11) is 3.90. The van der Waals surface area contributed by atoms with E-state index in [9.17, 15) is 9.90 Å². The normalized spacial score (nSPS) is 16.5. The standard InChI is InChI=1S/C22H27N5O2/c1-25(2)15-22(29)8-10-26(11-9-22)21(28)18-12-19-20(23-13-18)27(16-24-19)14-17-6-4-3-5-7-17/h3-7,12-13,16,29H,8-11,14-15H2,1-2H3. The smallest absolute Gasteiger partial charge is 0.255 e. The third-order valence-electron chi connectivity index (χ3n) is 5.49. The Morgan fingerprint density at radius 3 is 2.59 bits per heavy atom. The number of nitrogens with zero attached hydrogens (tertiary/aromatic N) is 5. The van der Waals surface area contributed by atoms with E-state index in [-0.39, 0.29) is 5.91 Å². The molecule has 0 bridgehead atoms. The van der Waals surface area contributed by atoms with Gasteiger partial charge in [-0.15, -0.1) is 0 Å². The average Bonchev–Trinajstić information content (AvgIpc) is 3.10. The molecule has 0 unspecified atom stereocenters. The number of aromatic nitrogens is 3. The SMILES string of the molecule is CN(C)CC1(O)CCN(C(=O)c2cnc3c(c2)ncn3Cc2ccccc2)CC1. The summed E-state index contributed by atoms with van der Waals surface area (Å²) in [6, 6.07) is 12.0. The molecule has 0 saturated carbocycles. The van der Waals surface area contributed by atoms with Crippen molar-refractivity contribution in [2.75, 3.05) is 33.7 Å². The quantitative estimate of drug-likeness (QED) is 0.718. The van der Waals surface area contributed by atoms with E-state index in [1.165, 1.54) is 5.56 Å². The molecule has 1 N–H and O–H groups in total. The molecule has 7 nitrogen and oxygen atoms in total. The number of fused-ring (bicyclic) bond motifs is 1. The summed E-state index contributed by atoms with van der Waals surface area (Å²) in [6.45, 7) is 2.39. The van der Waals surface area contributed by atoms with Gasteiger partial charge in [0, 0.05) is 25.8 Å². The number of amides is 1. The number of likely N-dealkylation sites (tertiary alicyclic amines) is 1. The van der Waals surface area contributed by atoms with Crippen molar-refractivity contribution in [3.05, 3.63) is 60.0 Å². The Labute approximate surface area is 170 Å². The van der Waals surface area contributed by atoms with Crippen molar-refractivity contribution >= 4 is 17.1 Å². The molecule has 1 saturated heterocycles. The van der Waals surface area contributed by atoms with Gasteiger partial charge in [0.05, 0.1) is 24.0 Å². The highest BCUT2D eigenvalue weighted by molar-refractivity contribution is 5.96. The summed E-state index contributed by atoms with van der Waals surface area (Å²) in [4.78, 5) is 25.7. The van der Waals surface area contributed by atoms with Crippen molar-refractivity contribution in [3.8, 4) is 0 Å². The summed E-state index contributed by atoms with van der Waals surface area (Å²) >= 11 is 0. The Morgan fingerprint density at radius 2 is 1.90 bits per heavy atom. The number of carbonyl (C=O) groups excluding carboxylic acids is 1. The minimum absolute atomic E-state index is 0.0519. The number of piperidine rings is 1. The first-order valence-corrected chi connectivity index (χ1v) is 9.95. The third-order valence-corrected chi connectivity index (χ3v) is 5.49. The van der Waals surface area contributed by atoms with Gasteiger partial charge in [0.15, 0.2) is 5.65 Å². The Morgan fingerprint density at radius 1 is 1.17 bits per heavy atom. The van der Waals surface area contributed by atoms with Gasteiger partial charge >= 0.3 is 0 Å². The Kier molecular flexibility index (Phi) is 5.34. The number of benzene rings is 1. The average molecular weight is 393 g/mol. The summed E-state index contributed by atoms with van der Waals surface area (Å²) < 4.78 is 1.99. The summed E-state index contributed by atoms with van der Waals surface area (Å²) in [5.74, 6) is -0.0519. The van der Waals surface area contributed by atoms with E-state index >= 15 is 0 Å². The zero-order valence-corrected chi connectivity index (χ0v) is 17.0. The number of aliphatic hydroxyl groups is 1. The van der Waals surface area contributed by atoms with Gasteiger partial charge in [-0.05, 0) is 38.6 Å². The van der Waals surface area contributed by atoms with Crippen LogP contribution in [0.3, 0.4) is 0 Å². The molecule has 0 spiro atoms. The van der Waals surface area contributed by atoms with Crippen LogP contribution in [0.4, 0.5) is 0 Å². The molecule has 1 aliphatic rings. The Bertz CT molecular complexity index is 991. The van der Waals surface area contributed by atoms with Gasteiger partial charge in [-0.3, -0.25) is 4.79 Å². The lowest BCUT2D eigenvalue weighted by molar-refractivity contribution is -0.0324. The monoisotopic (exact) mass is 393 g/mol. The number of carbonyl (C=O) groups is 1. The van der Waals surface area contributed by atoms with E-state index in [4.69, 9.17) is 0 Å². The van der Waals surface area contributed by atoms with Crippen LogP contribution in [0.25, 0.3) is 11.2 Å². The molecule has 0 aliphatic carbocycles. The molecule has 29 heavy (non-hydrogen) atoms. The van der Waals surface area contributed by atoms with E-state index in [2.05, 4.69) is 22.1 Å². The van der Waals surface area contributed by atoms with Crippen molar-refractivity contribution in [1.29, 1.82) is 0 Å². The predicted octanol–water partition coefficient (Wildman–Crippen LogP) is 2.01. The van der Waals surface area contributed by atoms with Crippen LogP contribution in [0.5, 0.6) is 0 Å².